The lowest BCUT2D eigenvalue weighted by molar-refractivity contribution is 0.0217. The highest BCUT2D eigenvalue weighted by Crippen LogP contribution is 2.16. The Morgan fingerprint density at radius 1 is 1.29 bits per heavy atom. The van der Waals surface area contributed by atoms with Crippen molar-refractivity contribution in [2.75, 3.05) is 46.6 Å². The van der Waals surface area contributed by atoms with Crippen molar-refractivity contribution in [3.8, 4) is 0 Å². The molecule has 0 aromatic heterocycles. The first-order valence-corrected chi connectivity index (χ1v) is 6.94. The van der Waals surface area contributed by atoms with Crippen LogP contribution in [-0.2, 0) is 9.47 Å². The maximum absolute atomic E-state index is 5.45. The van der Waals surface area contributed by atoms with E-state index in [9.17, 15) is 0 Å². The summed E-state index contributed by atoms with van der Waals surface area (Å²) in [6.07, 6.45) is 5.01. The van der Waals surface area contributed by atoms with Gasteiger partial charge in [-0.3, -0.25) is 4.90 Å². The highest BCUT2D eigenvalue weighted by molar-refractivity contribution is 4.82. The van der Waals surface area contributed by atoms with Gasteiger partial charge in [-0.2, -0.15) is 0 Å². The topological polar surface area (TPSA) is 33.7 Å². The minimum atomic E-state index is 0.690. The molecular formula is C13H26N2O2. The van der Waals surface area contributed by atoms with E-state index >= 15 is 0 Å². The van der Waals surface area contributed by atoms with E-state index in [-0.39, 0.29) is 0 Å². The van der Waals surface area contributed by atoms with Crippen molar-refractivity contribution in [1.29, 1.82) is 0 Å². The molecule has 0 radical (unpaired) electrons. The average molecular weight is 242 g/mol. The Labute approximate surface area is 105 Å². The first-order chi connectivity index (χ1) is 8.40. The van der Waals surface area contributed by atoms with Crippen molar-refractivity contribution in [2.24, 2.45) is 0 Å². The van der Waals surface area contributed by atoms with Crippen LogP contribution in [0.2, 0.25) is 0 Å². The molecule has 0 aliphatic carbocycles. The number of methoxy groups -OCH3 is 1. The van der Waals surface area contributed by atoms with E-state index in [1.54, 1.807) is 7.11 Å². The maximum Gasteiger partial charge on any atom is 0.0589 e. The number of hydrogen-bond acceptors (Lipinski definition) is 4. The lowest BCUT2D eigenvalue weighted by atomic mass is 10.1. The molecular weight excluding hydrogens is 216 g/mol. The summed E-state index contributed by atoms with van der Waals surface area (Å²) in [4.78, 5) is 2.61. The van der Waals surface area contributed by atoms with E-state index in [1.165, 1.54) is 38.8 Å². The van der Waals surface area contributed by atoms with Crippen LogP contribution in [-0.4, -0.2) is 63.5 Å². The van der Waals surface area contributed by atoms with Gasteiger partial charge < -0.3 is 14.8 Å². The zero-order valence-corrected chi connectivity index (χ0v) is 11.0. The van der Waals surface area contributed by atoms with E-state index in [2.05, 4.69) is 10.2 Å². The Morgan fingerprint density at radius 3 is 2.76 bits per heavy atom. The number of hydrogen-bond donors (Lipinski definition) is 1. The molecule has 4 nitrogen and oxygen atoms in total. The van der Waals surface area contributed by atoms with Crippen molar-refractivity contribution in [1.82, 2.24) is 10.2 Å². The largest absolute Gasteiger partial charge is 0.383 e. The standard InChI is InChI=1S/C13H26N2O2/c1-16-10-7-15(11-12-3-2-6-14-12)13-4-8-17-9-5-13/h12-14H,2-11H2,1H3. The average Bonchev–Trinajstić information content (AvgIpc) is 2.88. The quantitative estimate of drug-likeness (QED) is 0.749. The van der Waals surface area contributed by atoms with Crippen LogP contribution in [0.1, 0.15) is 25.7 Å². The summed E-state index contributed by atoms with van der Waals surface area (Å²) in [7, 11) is 1.79. The molecule has 1 unspecified atom stereocenters. The lowest BCUT2D eigenvalue weighted by Gasteiger charge is -2.35. The van der Waals surface area contributed by atoms with Gasteiger partial charge in [0.15, 0.2) is 0 Å². The Hall–Kier alpha value is -0.160. The van der Waals surface area contributed by atoms with Crippen LogP contribution in [0, 0.1) is 0 Å². The van der Waals surface area contributed by atoms with E-state index in [4.69, 9.17) is 9.47 Å². The van der Waals surface area contributed by atoms with Crippen LogP contribution in [0.15, 0.2) is 0 Å². The molecule has 0 aromatic rings. The smallest absolute Gasteiger partial charge is 0.0589 e. The summed E-state index contributed by atoms with van der Waals surface area (Å²) in [6.45, 7) is 6.10. The second-order valence-electron chi connectivity index (χ2n) is 5.12. The second kappa shape index (κ2) is 7.31. The summed E-state index contributed by atoms with van der Waals surface area (Å²) in [5, 5.41) is 3.59. The van der Waals surface area contributed by atoms with Crippen molar-refractivity contribution in [2.45, 2.75) is 37.8 Å². The number of ether oxygens (including phenoxy) is 2. The Balaban J connectivity index is 1.81. The number of nitrogens with one attached hydrogen (secondary N) is 1. The van der Waals surface area contributed by atoms with Gasteiger partial charge in [-0.15, -0.1) is 0 Å². The highest BCUT2D eigenvalue weighted by atomic mass is 16.5. The van der Waals surface area contributed by atoms with Crippen LogP contribution in [0.4, 0.5) is 0 Å². The van der Waals surface area contributed by atoms with Crippen LogP contribution < -0.4 is 5.32 Å². The highest BCUT2D eigenvalue weighted by Gasteiger charge is 2.25. The van der Waals surface area contributed by atoms with E-state index in [0.29, 0.717) is 12.1 Å². The molecule has 0 saturated carbocycles. The zero-order valence-electron chi connectivity index (χ0n) is 11.0. The normalized spacial score (nSPS) is 26.8. The third kappa shape index (κ3) is 4.21. The molecule has 0 spiro atoms. The molecule has 2 heterocycles. The van der Waals surface area contributed by atoms with Gasteiger partial charge in [-0.05, 0) is 32.2 Å². The zero-order chi connectivity index (χ0) is 11.9. The van der Waals surface area contributed by atoms with Crippen molar-refractivity contribution in [3.05, 3.63) is 0 Å². The lowest BCUT2D eigenvalue weighted by Crippen LogP contribution is -2.46. The predicted molar refractivity (Wildman–Crippen MR) is 68.3 cm³/mol. The van der Waals surface area contributed by atoms with Gasteiger partial charge in [0.1, 0.15) is 0 Å². The summed E-state index contributed by atoms with van der Waals surface area (Å²) in [6, 6.07) is 1.39. The molecule has 2 fully saturated rings. The van der Waals surface area contributed by atoms with Crippen molar-refractivity contribution < 1.29 is 9.47 Å². The van der Waals surface area contributed by atoms with Crippen molar-refractivity contribution >= 4 is 0 Å². The molecule has 2 rings (SSSR count). The number of rotatable bonds is 6. The maximum atomic E-state index is 5.45. The van der Waals surface area contributed by atoms with Gasteiger partial charge in [-0.25, -0.2) is 0 Å². The molecule has 0 amide bonds. The Bertz CT molecular complexity index is 202. The fourth-order valence-electron chi connectivity index (χ4n) is 2.88. The van der Waals surface area contributed by atoms with Crippen molar-refractivity contribution in [3.63, 3.8) is 0 Å². The van der Waals surface area contributed by atoms with Gasteiger partial charge in [0, 0.05) is 45.5 Å². The fourth-order valence-corrected chi connectivity index (χ4v) is 2.88. The third-order valence-corrected chi connectivity index (χ3v) is 3.91. The molecule has 1 N–H and O–H groups in total. The van der Waals surface area contributed by atoms with Gasteiger partial charge in [0.25, 0.3) is 0 Å². The Kier molecular flexibility index (Phi) is 5.71. The van der Waals surface area contributed by atoms with Gasteiger partial charge in [-0.1, -0.05) is 0 Å². The van der Waals surface area contributed by atoms with Gasteiger partial charge in [0.2, 0.25) is 0 Å². The number of nitrogens with zero attached hydrogens (tertiary/aromatic N) is 1. The minimum Gasteiger partial charge on any atom is -0.383 e. The molecule has 0 bridgehead atoms. The summed E-state index contributed by atoms with van der Waals surface area (Å²) >= 11 is 0. The molecule has 4 heteroatoms. The van der Waals surface area contributed by atoms with Gasteiger partial charge >= 0.3 is 0 Å². The van der Waals surface area contributed by atoms with E-state index < -0.39 is 0 Å². The molecule has 2 aliphatic heterocycles. The third-order valence-electron chi connectivity index (χ3n) is 3.91. The van der Waals surface area contributed by atoms with Crippen LogP contribution in [0.3, 0.4) is 0 Å². The summed E-state index contributed by atoms with van der Waals surface area (Å²) < 4.78 is 10.7. The van der Waals surface area contributed by atoms with Crippen LogP contribution in [0.25, 0.3) is 0 Å². The molecule has 100 valence electrons. The first-order valence-electron chi connectivity index (χ1n) is 6.94. The summed E-state index contributed by atoms with van der Waals surface area (Å²) in [5.74, 6) is 0. The van der Waals surface area contributed by atoms with E-state index in [0.717, 1.165) is 26.4 Å². The monoisotopic (exact) mass is 242 g/mol. The first kappa shape index (κ1) is 13.3. The second-order valence-corrected chi connectivity index (χ2v) is 5.12. The Morgan fingerprint density at radius 2 is 2.12 bits per heavy atom. The summed E-state index contributed by atoms with van der Waals surface area (Å²) in [5.41, 5.74) is 0. The fraction of sp³-hybridized carbons (Fsp3) is 1.00. The predicted octanol–water partition coefficient (Wildman–Crippen LogP) is 0.866. The molecule has 17 heavy (non-hydrogen) atoms. The SMILES string of the molecule is COCCN(CC1CCCN1)C1CCOCC1. The van der Waals surface area contributed by atoms with Gasteiger partial charge in [0.05, 0.1) is 6.61 Å². The molecule has 0 aromatic carbocycles. The molecule has 2 saturated heterocycles. The molecule has 2 aliphatic rings. The van der Waals surface area contributed by atoms with Crippen LogP contribution in [0.5, 0.6) is 0 Å². The van der Waals surface area contributed by atoms with Crippen LogP contribution >= 0.6 is 0 Å². The van der Waals surface area contributed by atoms with E-state index in [1.807, 2.05) is 0 Å². The molecule has 1 atom stereocenters. The minimum absolute atomic E-state index is 0.690.